The maximum Gasteiger partial charge on any atom is 0.257 e. The number of rotatable bonds is 5. The number of carbonyl (C=O) groups is 2. The number of piperazine rings is 1. The predicted molar refractivity (Wildman–Crippen MR) is 132 cm³/mol. The molecule has 2 amide bonds. The number of halogens is 2. The number of hydrogen-bond acceptors (Lipinski definition) is 4. The van der Waals surface area contributed by atoms with Crippen molar-refractivity contribution in [2.24, 2.45) is 5.92 Å². The smallest absolute Gasteiger partial charge is 0.257 e. The number of hydrogen-bond donors (Lipinski definition) is 1. The average Bonchev–Trinajstić information content (AvgIpc) is 3.34. The molecule has 1 aromatic heterocycles. The summed E-state index contributed by atoms with van der Waals surface area (Å²) in [7, 11) is 0. The zero-order valence-electron chi connectivity index (χ0n) is 19.1. The van der Waals surface area contributed by atoms with Gasteiger partial charge in [-0.3, -0.25) is 19.5 Å². The predicted octanol–water partition coefficient (Wildman–Crippen LogP) is 5.17. The molecule has 8 heteroatoms. The fourth-order valence-electron chi connectivity index (χ4n) is 4.77. The van der Waals surface area contributed by atoms with E-state index in [9.17, 15) is 9.59 Å². The van der Waals surface area contributed by atoms with Crippen molar-refractivity contribution in [2.45, 2.75) is 52.1 Å². The molecular weight excluding hydrogens is 459 g/mol. The van der Waals surface area contributed by atoms with Crippen LogP contribution in [0.15, 0.2) is 30.5 Å². The molecular formula is C25H30Cl2N4O2. The number of carbonyl (C=O) groups excluding carboxylic acids is 2. The van der Waals surface area contributed by atoms with Crippen LogP contribution in [0, 0.1) is 12.8 Å². The molecule has 1 aromatic carbocycles. The summed E-state index contributed by atoms with van der Waals surface area (Å²) < 4.78 is 0. The van der Waals surface area contributed by atoms with Gasteiger partial charge in [0, 0.05) is 60.6 Å². The summed E-state index contributed by atoms with van der Waals surface area (Å²) in [4.78, 5) is 34.0. The van der Waals surface area contributed by atoms with Crippen molar-refractivity contribution < 1.29 is 9.59 Å². The summed E-state index contributed by atoms with van der Waals surface area (Å²) in [6, 6.07) is 7.14. The maximum atomic E-state index is 12.9. The van der Waals surface area contributed by atoms with E-state index in [1.807, 2.05) is 11.8 Å². The number of benzene rings is 1. The van der Waals surface area contributed by atoms with E-state index in [0.717, 1.165) is 50.0 Å². The zero-order valence-corrected chi connectivity index (χ0v) is 20.6. The third-order valence-electron chi connectivity index (χ3n) is 6.69. The Bertz CT molecular complexity index is 1020. The van der Waals surface area contributed by atoms with Gasteiger partial charge in [0.15, 0.2) is 0 Å². The number of anilines is 1. The zero-order chi connectivity index (χ0) is 23.5. The molecule has 1 aliphatic heterocycles. The molecule has 0 bridgehead atoms. The maximum absolute atomic E-state index is 12.9. The number of nitrogens with zero attached hydrogens (tertiary/aromatic N) is 3. The average molecular weight is 489 g/mol. The highest BCUT2D eigenvalue weighted by molar-refractivity contribution is 6.38. The molecule has 1 saturated carbocycles. The summed E-state index contributed by atoms with van der Waals surface area (Å²) in [5, 5.41) is 3.87. The standard InChI is InChI=1S/C25H30Cl2N4O2/c1-16-7-8-19(13-28-16)24(32)29-22-10-9-21(26)20(23(22)27)15-30-11-12-31(17(2)14-30)25(33)18-5-3-4-6-18/h7-10,13,17-18H,3-6,11-12,14-15H2,1-2H3,(H,29,32). The van der Waals surface area contributed by atoms with Crippen LogP contribution in [0.2, 0.25) is 10.0 Å². The van der Waals surface area contributed by atoms with Crippen molar-refractivity contribution in [3.63, 3.8) is 0 Å². The van der Waals surface area contributed by atoms with E-state index in [1.165, 1.54) is 0 Å². The number of amides is 2. The van der Waals surface area contributed by atoms with Crippen LogP contribution < -0.4 is 5.32 Å². The lowest BCUT2D eigenvalue weighted by molar-refractivity contribution is -0.140. The summed E-state index contributed by atoms with van der Waals surface area (Å²) in [6.07, 6.45) is 5.91. The van der Waals surface area contributed by atoms with E-state index < -0.39 is 0 Å². The SMILES string of the molecule is Cc1ccc(C(=O)Nc2ccc(Cl)c(CN3CCN(C(=O)C4CCCC4)C(C)C3)c2Cl)cn1. The minimum absolute atomic E-state index is 0.140. The minimum Gasteiger partial charge on any atom is -0.337 e. The first-order chi connectivity index (χ1) is 15.8. The highest BCUT2D eigenvalue weighted by Gasteiger charge is 2.33. The van der Waals surface area contributed by atoms with Crippen LogP contribution in [0.1, 0.15) is 54.2 Å². The van der Waals surface area contributed by atoms with Gasteiger partial charge < -0.3 is 10.2 Å². The fourth-order valence-corrected chi connectivity index (χ4v) is 5.31. The lowest BCUT2D eigenvalue weighted by atomic mass is 10.0. The van der Waals surface area contributed by atoms with Crippen LogP contribution in [0.5, 0.6) is 0 Å². The van der Waals surface area contributed by atoms with Crippen molar-refractivity contribution in [2.75, 3.05) is 25.0 Å². The van der Waals surface area contributed by atoms with E-state index in [1.54, 1.807) is 30.5 Å². The highest BCUT2D eigenvalue weighted by atomic mass is 35.5. The Hall–Kier alpha value is -2.15. The first kappa shape index (κ1) is 24.0. The Morgan fingerprint density at radius 3 is 2.55 bits per heavy atom. The summed E-state index contributed by atoms with van der Waals surface area (Å²) in [5.41, 5.74) is 2.60. The Morgan fingerprint density at radius 1 is 1.12 bits per heavy atom. The van der Waals surface area contributed by atoms with Crippen molar-refractivity contribution in [3.8, 4) is 0 Å². The summed E-state index contributed by atoms with van der Waals surface area (Å²) in [6.45, 7) is 6.77. The molecule has 1 N–H and O–H groups in total. The normalized spacial score (nSPS) is 19.6. The largest absolute Gasteiger partial charge is 0.337 e. The Labute approximate surface area is 205 Å². The molecule has 1 atom stereocenters. The van der Waals surface area contributed by atoms with Crippen molar-refractivity contribution in [3.05, 3.63) is 57.3 Å². The Kier molecular flexibility index (Phi) is 7.57. The van der Waals surface area contributed by atoms with E-state index in [2.05, 4.69) is 22.1 Å². The van der Waals surface area contributed by atoms with Gasteiger partial charge in [0.05, 0.1) is 16.3 Å². The van der Waals surface area contributed by atoms with Gasteiger partial charge in [-0.1, -0.05) is 36.0 Å². The van der Waals surface area contributed by atoms with Gasteiger partial charge in [0.1, 0.15) is 0 Å². The van der Waals surface area contributed by atoms with E-state index >= 15 is 0 Å². The van der Waals surface area contributed by atoms with Crippen molar-refractivity contribution in [1.29, 1.82) is 0 Å². The first-order valence-electron chi connectivity index (χ1n) is 11.6. The van der Waals surface area contributed by atoms with Gasteiger partial charge in [-0.2, -0.15) is 0 Å². The third-order valence-corrected chi connectivity index (χ3v) is 7.47. The molecule has 176 valence electrons. The molecule has 6 nitrogen and oxygen atoms in total. The van der Waals surface area contributed by atoms with Gasteiger partial charge in [0.2, 0.25) is 5.91 Å². The van der Waals surface area contributed by atoms with E-state index in [-0.39, 0.29) is 17.9 Å². The lowest BCUT2D eigenvalue weighted by Gasteiger charge is -2.41. The second-order valence-corrected chi connectivity index (χ2v) is 9.91. The minimum atomic E-state index is -0.273. The molecule has 1 unspecified atom stereocenters. The first-order valence-corrected chi connectivity index (χ1v) is 12.3. The Morgan fingerprint density at radius 2 is 1.88 bits per heavy atom. The molecule has 2 fully saturated rings. The number of aryl methyl sites for hydroxylation is 1. The van der Waals surface area contributed by atoms with Crippen LogP contribution in [0.3, 0.4) is 0 Å². The fraction of sp³-hybridized carbons (Fsp3) is 0.480. The molecule has 1 aliphatic carbocycles. The van der Waals surface area contributed by atoms with Crippen LogP contribution in [-0.2, 0) is 11.3 Å². The molecule has 2 heterocycles. The van der Waals surface area contributed by atoms with Gasteiger partial charge in [-0.15, -0.1) is 0 Å². The quantitative estimate of drug-likeness (QED) is 0.629. The molecule has 4 rings (SSSR count). The topological polar surface area (TPSA) is 65.5 Å². The van der Waals surface area contributed by atoms with Gasteiger partial charge >= 0.3 is 0 Å². The second kappa shape index (κ2) is 10.4. The van der Waals surface area contributed by atoms with Gasteiger partial charge in [-0.05, 0) is 51.0 Å². The molecule has 33 heavy (non-hydrogen) atoms. The molecule has 0 radical (unpaired) electrons. The lowest BCUT2D eigenvalue weighted by Crippen LogP contribution is -2.54. The molecule has 0 spiro atoms. The van der Waals surface area contributed by atoms with Crippen molar-refractivity contribution in [1.82, 2.24) is 14.8 Å². The summed E-state index contributed by atoms with van der Waals surface area (Å²) >= 11 is 13.2. The number of pyridine rings is 1. The number of aromatic nitrogens is 1. The van der Waals surface area contributed by atoms with Crippen LogP contribution in [0.4, 0.5) is 5.69 Å². The number of nitrogens with one attached hydrogen (secondary N) is 1. The van der Waals surface area contributed by atoms with Crippen LogP contribution in [0.25, 0.3) is 0 Å². The van der Waals surface area contributed by atoms with Crippen LogP contribution >= 0.6 is 23.2 Å². The van der Waals surface area contributed by atoms with Crippen molar-refractivity contribution >= 4 is 40.7 Å². The molecule has 2 aliphatic rings. The van der Waals surface area contributed by atoms with E-state index in [4.69, 9.17) is 23.2 Å². The van der Waals surface area contributed by atoms with E-state index in [0.29, 0.717) is 40.3 Å². The van der Waals surface area contributed by atoms with Crippen LogP contribution in [-0.4, -0.2) is 52.3 Å². The summed E-state index contributed by atoms with van der Waals surface area (Å²) in [5.74, 6) is 0.239. The Balaban J connectivity index is 1.42. The van der Waals surface area contributed by atoms with Gasteiger partial charge in [-0.25, -0.2) is 0 Å². The molecule has 1 saturated heterocycles. The third kappa shape index (κ3) is 5.51. The second-order valence-electron chi connectivity index (χ2n) is 9.13. The monoisotopic (exact) mass is 488 g/mol. The molecule has 2 aromatic rings. The highest BCUT2D eigenvalue weighted by Crippen LogP contribution is 2.34. The van der Waals surface area contributed by atoms with Gasteiger partial charge in [0.25, 0.3) is 5.91 Å².